The molecule has 0 atom stereocenters. The van der Waals surface area contributed by atoms with Crippen molar-refractivity contribution in [2.24, 2.45) is 5.92 Å². The second-order valence-electron chi connectivity index (χ2n) is 4.61. The highest BCUT2D eigenvalue weighted by Gasteiger charge is 2.00. The molecule has 1 N–H and O–H groups in total. The summed E-state index contributed by atoms with van der Waals surface area (Å²) >= 11 is 0. The Morgan fingerprint density at radius 3 is 2.83 bits per heavy atom. The van der Waals surface area contributed by atoms with Gasteiger partial charge in [0, 0.05) is 19.7 Å². The van der Waals surface area contributed by atoms with Crippen molar-refractivity contribution in [3.8, 4) is 6.07 Å². The zero-order valence-electron chi connectivity index (χ0n) is 10.9. The Morgan fingerprint density at radius 1 is 1.39 bits per heavy atom. The summed E-state index contributed by atoms with van der Waals surface area (Å²) in [6.45, 7) is 6.84. The quantitative estimate of drug-likeness (QED) is 0.756. The maximum Gasteiger partial charge on any atom is 0.124 e. The molecule has 1 aromatic rings. The van der Waals surface area contributed by atoms with Gasteiger partial charge in [0.05, 0.1) is 18.2 Å². The van der Waals surface area contributed by atoms with Crippen LogP contribution in [0.3, 0.4) is 0 Å². The molecule has 98 valence electrons. The predicted molar refractivity (Wildman–Crippen MR) is 68.5 cm³/mol. The van der Waals surface area contributed by atoms with Crippen molar-refractivity contribution in [3.63, 3.8) is 0 Å². The number of rotatable bonds is 7. The fourth-order valence-electron chi connectivity index (χ4n) is 1.51. The van der Waals surface area contributed by atoms with Gasteiger partial charge in [-0.05, 0) is 29.7 Å². The summed E-state index contributed by atoms with van der Waals surface area (Å²) in [6.07, 6.45) is 0. The van der Waals surface area contributed by atoms with Crippen molar-refractivity contribution in [2.75, 3.05) is 19.8 Å². The van der Waals surface area contributed by atoms with Crippen LogP contribution in [0.5, 0.6) is 0 Å². The second-order valence-corrected chi connectivity index (χ2v) is 4.61. The van der Waals surface area contributed by atoms with E-state index in [1.807, 2.05) is 6.07 Å². The van der Waals surface area contributed by atoms with Crippen molar-refractivity contribution in [2.45, 2.75) is 20.4 Å². The summed E-state index contributed by atoms with van der Waals surface area (Å²) in [6, 6.07) is 6.29. The first kappa shape index (κ1) is 14.6. The van der Waals surface area contributed by atoms with Gasteiger partial charge in [0.2, 0.25) is 0 Å². The molecule has 4 heteroatoms. The Kier molecular flexibility index (Phi) is 6.34. The van der Waals surface area contributed by atoms with Gasteiger partial charge in [0.25, 0.3) is 0 Å². The lowest BCUT2D eigenvalue weighted by molar-refractivity contribution is 0.111. The molecule has 0 radical (unpaired) electrons. The van der Waals surface area contributed by atoms with Gasteiger partial charge in [0.15, 0.2) is 0 Å². The number of halogens is 1. The van der Waals surface area contributed by atoms with Gasteiger partial charge in [0.1, 0.15) is 5.82 Å². The summed E-state index contributed by atoms with van der Waals surface area (Å²) in [5.74, 6) is 0.160. The van der Waals surface area contributed by atoms with Crippen LogP contribution in [-0.2, 0) is 11.3 Å². The molecule has 0 aromatic heterocycles. The number of nitrogens with zero attached hydrogens (tertiary/aromatic N) is 1. The summed E-state index contributed by atoms with van der Waals surface area (Å²) < 4.78 is 18.5. The third-order valence-corrected chi connectivity index (χ3v) is 2.29. The number of nitriles is 1. The van der Waals surface area contributed by atoms with Crippen LogP contribution in [-0.4, -0.2) is 19.8 Å². The van der Waals surface area contributed by atoms with E-state index in [1.165, 1.54) is 12.1 Å². The third-order valence-electron chi connectivity index (χ3n) is 2.29. The molecule has 0 saturated heterocycles. The fourth-order valence-corrected chi connectivity index (χ4v) is 1.51. The van der Waals surface area contributed by atoms with Gasteiger partial charge in [-0.15, -0.1) is 0 Å². The Bertz CT molecular complexity index is 413. The van der Waals surface area contributed by atoms with Gasteiger partial charge in [-0.3, -0.25) is 0 Å². The lowest BCUT2D eigenvalue weighted by Gasteiger charge is -2.08. The Morgan fingerprint density at radius 2 is 2.17 bits per heavy atom. The number of benzene rings is 1. The largest absolute Gasteiger partial charge is 0.380 e. The van der Waals surface area contributed by atoms with Gasteiger partial charge >= 0.3 is 0 Å². The first-order valence-electron chi connectivity index (χ1n) is 6.10. The SMILES string of the molecule is CC(C)COCCNCc1cc(F)cc(C#N)c1. The van der Waals surface area contributed by atoms with Crippen molar-refractivity contribution in [1.29, 1.82) is 5.26 Å². The number of nitrogens with one attached hydrogen (secondary N) is 1. The highest BCUT2D eigenvalue weighted by atomic mass is 19.1. The van der Waals surface area contributed by atoms with Crippen LogP contribution >= 0.6 is 0 Å². The van der Waals surface area contributed by atoms with Crippen molar-refractivity contribution in [1.82, 2.24) is 5.32 Å². The van der Waals surface area contributed by atoms with E-state index in [0.717, 1.165) is 12.2 Å². The van der Waals surface area contributed by atoms with E-state index >= 15 is 0 Å². The summed E-state index contributed by atoms with van der Waals surface area (Å²) in [5, 5.41) is 11.9. The first-order chi connectivity index (χ1) is 8.61. The van der Waals surface area contributed by atoms with Gasteiger partial charge in [-0.1, -0.05) is 13.8 Å². The van der Waals surface area contributed by atoms with Gasteiger partial charge in [-0.25, -0.2) is 4.39 Å². The molecule has 1 aromatic carbocycles. The molecule has 0 amide bonds. The van der Waals surface area contributed by atoms with Crippen molar-refractivity contribution in [3.05, 3.63) is 35.1 Å². The minimum atomic E-state index is -0.373. The van der Waals surface area contributed by atoms with Gasteiger partial charge in [-0.2, -0.15) is 5.26 Å². The maximum absolute atomic E-state index is 13.1. The summed E-state index contributed by atoms with van der Waals surface area (Å²) in [5.41, 5.74) is 1.12. The molecule has 0 aliphatic heterocycles. The molecule has 1 rings (SSSR count). The van der Waals surface area contributed by atoms with Crippen molar-refractivity contribution < 1.29 is 9.13 Å². The van der Waals surface area contributed by atoms with E-state index in [2.05, 4.69) is 19.2 Å². The van der Waals surface area contributed by atoms with Crippen LogP contribution in [0, 0.1) is 23.1 Å². The van der Waals surface area contributed by atoms with Crippen LogP contribution in [0.25, 0.3) is 0 Å². The molecule has 18 heavy (non-hydrogen) atoms. The summed E-state index contributed by atoms with van der Waals surface area (Å²) in [4.78, 5) is 0. The van der Waals surface area contributed by atoms with Crippen LogP contribution in [0.15, 0.2) is 18.2 Å². The minimum absolute atomic E-state index is 0.350. The molecular formula is C14H19FN2O. The monoisotopic (exact) mass is 250 g/mol. The molecule has 0 bridgehead atoms. The lowest BCUT2D eigenvalue weighted by atomic mass is 10.1. The van der Waals surface area contributed by atoms with Crippen LogP contribution in [0.2, 0.25) is 0 Å². The number of ether oxygens (including phenoxy) is 1. The van der Waals surface area contributed by atoms with E-state index in [4.69, 9.17) is 10.00 Å². The molecule has 0 unspecified atom stereocenters. The smallest absolute Gasteiger partial charge is 0.124 e. The standard InChI is InChI=1S/C14H19FN2O/c1-11(2)10-18-4-3-17-9-13-5-12(8-16)6-14(15)7-13/h5-7,11,17H,3-4,9-10H2,1-2H3. The normalized spacial score (nSPS) is 10.6. The Hall–Kier alpha value is -1.44. The van der Waals surface area contributed by atoms with Gasteiger partial charge < -0.3 is 10.1 Å². The average molecular weight is 250 g/mol. The Balaban J connectivity index is 2.27. The number of hydrogen-bond acceptors (Lipinski definition) is 3. The average Bonchev–Trinajstić information content (AvgIpc) is 2.32. The molecule has 0 fully saturated rings. The molecule has 0 saturated carbocycles. The lowest BCUT2D eigenvalue weighted by Crippen LogP contribution is -2.20. The molecular weight excluding hydrogens is 231 g/mol. The molecule has 3 nitrogen and oxygen atoms in total. The summed E-state index contributed by atoms with van der Waals surface area (Å²) in [7, 11) is 0. The minimum Gasteiger partial charge on any atom is -0.380 e. The van der Waals surface area contributed by atoms with E-state index in [1.54, 1.807) is 6.07 Å². The Labute approximate surface area is 108 Å². The van der Waals surface area contributed by atoms with E-state index in [-0.39, 0.29) is 5.82 Å². The highest BCUT2D eigenvalue weighted by molar-refractivity contribution is 5.33. The first-order valence-corrected chi connectivity index (χ1v) is 6.10. The van der Waals surface area contributed by atoms with E-state index in [0.29, 0.717) is 31.2 Å². The number of hydrogen-bond donors (Lipinski definition) is 1. The second kappa shape index (κ2) is 7.80. The third kappa shape index (κ3) is 5.76. The fraction of sp³-hybridized carbons (Fsp3) is 0.500. The zero-order valence-corrected chi connectivity index (χ0v) is 10.9. The maximum atomic E-state index is 13.1. The van der Waals surface area contributed by atoms with E-state index < -0.39 is 0 Å². The molecule has 0 aliphatic rings. The zero-order chi connectivity index (χ0) is 13.4. The highest BCUT2D eigenvalue weighted by Crippen LogP contribution is 2.08. The van der Waals surface area contributed by atoms with Crippen LogP contribution in [0.1, 0.15) is 25.0 Å². The topological polar surface area (TPSA) is 45.0 Å². The van der Waals surface area contributed by atoms with E-state index in [9.17, 15) is 4.39 Å². The van der Waals surface area contributed by atoms with Crippen molar-refractivity contribution >= 4 is 0 Å². The van der Waals surface area contributed by atoms with Crippen LogP contribution < -0.4 is 5.32 Å². The molecule has 0 spiro atoms. The predicted octanol–water partition coefficient (Wildman–Crippen LogP) is 2.46. The molecule has 0 aliphatic carbocycles. The van der Waals surface area contributed by atoms with Crippen LogP contribution in [0.4, 0.5) is 4.39 Å². The molecule has 0 heterocycles.